The molecular formula is C34H42N2O5. The molecule has 3 aromatic rings. The number of esters is 1. The van der Waals surface area contributed by atoms with Gasteiger partial charge in [-0.1, -0.05) is 60.7 Å². The molecule has 4 atom stereocenters. The number of nitrogens with zero attached hydrogens (tertiary/aromatic N) is 1. The number of carbonyl (C=O) groups is 1. The molecule has 2 aliphatic rings. The van der Waals surface area contributed by atoms with Crippen LogP contribution in [0.25, 0.3) is 11.1 Å². The van der Waals surface area contributed by atoms with Crippen molar-refractivity contribution in [3.63, 3.8) is 0 Å². The first-order valence-electron chi connectivity index (χ1n) is 14.6. The molecule has 0 aliphatic carbocycles. The second-order valence-corrected chi connectivity index (χ2v) is 12.1. The highest BCUT2D eigenvalue weighted by atomic mass is 16.7. The van der Waals surface area contributed by atoms with Gasteiger partial charge >= 0.3 is 5.97 Å². The molecule has 0 unspecified atom stereocenters. The van der Waals surface area contributed by atoms with E-state index in [-0.39, 0.29) is 30.8 Å². The first-order valence-corrected chi connectivity index (χ1v) is 14.6. The fourth-order valence-corrected chi connectivity index (χ4v) is 5.72. The number of aliphatic hydroxyl groups excluding tert-OH is 1. The molecule has 2 aliphatic heterocycles. The van der Waals surface area contributed by atoms with Gasteiger partial charge in [0, 0.05) is 25.1 Å². The zero-order valence-corrected chi connectivity index (χ0v) is 24.3. The standard InChI is InChI=1S/C34H42N2O5/c1-34(2,3)41-32(38)30-11-6-16-36(30)21-29-19-31(25-14-12-23(22-37)13-15-25)40-33(39-29)28-10-5-9-27(18-28)26-8-4-7-24(17-26)20-35/h4-5,7-10,12-15,17-18,29-31,33,37H,6,11,16,19-22,35H2,1-3H3/t29-,30+,31+,33+/m1/s1. The first-order chi connectivity index (χ1) is 19.7. The number of nitrogens with two attached hydrogens (primary N) is 1. The Morgan fingerprint density at radius 1 is 0.976 bits per heavy atom. The van der Waals surface area contributed by atoms with Crippen molar-refractivity contribution in [2.24, 2.45) is 5.73 Å². The summed E-state index contributed by atoms with van der Waals surface area (Å²) >= 11 is 0. The van der Waals surface area contributed by atoms with Crippen molar-refractivity contribution < 1.29 is 24.1 Å². The van der Waals surface area contributed by atoms with Gasteiger partial charge in [-0.3, -0.25) is 9.69 Å². The number of aliphatic hydroxyl groups is 1. The molecule has 5 rings (SSSR count). The van der Waals surface area contributed by atoms with E-state index in [0.29, 0.717) is 19.5 Å². The molecule has 218 valence electrons. The van der Waals surface area contributed by atoms with Crippen LogP contribution in [0.4, 0.5) is 0 Å². The second kappa shape index (κ2) is 12.8. The maximum atomic E-state index is 13.0. The van der Waals surface area contributed by atoms with Crippen molar-refractivity contribution >= 4 is 5.97 Å². The molecule has 2 saturated heterocycles. The van der Waals surface area contributed by atoms with E-state index in [9.17, 15) is 9.90 Å². The molecule has 0 saturated carbocycles. The largest absolute Gasteiger partial charge is 0.459 e. The Morgan fingerprint density at radius 3 is 2.41 bits per heavy atom. The smallest absolute Gasteiger partial charge is 0.323 e. The summed E-state index contributed by atoms with van der Waals surface area (Å²) in [5, 5.41) is 9.52. The normalized spacial score (nSPS) is 23.4. The van der Waals surface area contributed by atoms with Crippen LogP contribution < -0.4 is 5.73 Å². The number of ether oxygens (including phenoxy) is 3. The van der Waals surface area contributed by atoms with Gasteiger partial charge in [-0.05, 0) is 80.1 Å². The SMILES string of the molecule is CC(C)(C)OC(=O)[C@@H]1CCCN1C[C@H]1C[C@@H](c2ccc(CO)cc2)O[C@@H](c2cccc(-c3cccc(CN)c3)c2)O1. The molecule has 2 heterocycles. The molecule has 7 heteroatoms. The molecule has 0 spiro atoms. The average molecular weight is 559 g/mol. The van der Waals surface area contributed by atoms with E-state index in [4.69, 9.17) is 19.9 Å². The van der Waals surface area contributed by atoms with Crippen molar-refractivity contribution in [3.8, 4) is 11.1 Å². The van der Waals surface area contributed by atoms with Crippen molar-refractivity contribution in [3.05, 3.63) is 95.1 Å². The highest BCUT2D eigenvalue weighted by Gasteiger charge is 2.39. The Balaban J connectivity index is 1.40. The molecule has 3 N–H and O–H groups in total. The lowest BCUT2D eigenvalue weighted by Crippen LogP contribution is -2.45. The lowest BCUT2D eigenvalue weighted by Gasteiger charge is -2.38. The molecule has 0 aromatic heterocycles. The Kier molecular flexibility index (Phi) is 9.22. The minimum absolute atomic E-state index is 0.000667. The summed E-state index contributed by atoms with van der Waals surface area (Å²) in [7, 11) is 0. The minimum Gasteiger partial charge on any atom is -0.459 e. The molecule has 2 fully saturated rings. The predicted octanol–water partition coefficient (Wildman–Crippen LogP) is 5.66. The molecule has 41 heavy (non-hydrogen) atoms. The first kappa shape index (κ1) is 29.4. The van der Waals surface area contributed by atoms with Gasteiger partial charge in [-0.2, -0.15) is 0 Å². The van der Waals surface area contributed by atoms with E-state index in [0.717, 1.165) is 52.8 Å². The number of hydrogen-bond donors (Lipinski definition) is 2. The average Bonchev–Trinajstić information content (AvgIpc) is 3.44. The maximum absolute atomic E-state index is 13.0. The van der Waals surface area contributed by atoms with Gasteiger partial charge < -0.3 is 25.1 Å². The minimum atomic E-state index is -0.573. The van der Waals surface area contributed by atoms with Crippen LogP contribution in [0.5, 0.6) is 0 Å². The number of likely N-dealkylation sites (tertiary alicyclic amines) is 1. The van der Waals surface area contributed by atoms with Gasteiger partial charge in [0.2, 0.25) is 0 Å². The van der Waals surface area contributed by atoms with Gasteiger partial charge in [0.1, 0.15) is 11.6 Å². The van der Waals surface area contributed by atoms with E-state index in [2.05, 4.69) is 29.2 Å². The summed E-state index contributed by atoms with van der Waals surface area (Å²) < 4.78 is 18.9. The quantitative estimate of drug-likeness (QED) is 0.345. The van der Waals surface area contributed by atoms with Crippen LogP contribution in [0.1, 0.15) is 74.7 Å². The van der Waals surface area contributed by atoms with Crippen LogP contribution in [-0.4, -0.2) is 46.8 Å². The zero-order chi connectivity index (χ0) is 29.0. The summed E-state index contributed by atoms with van der Waals surface area (Å²) in [6.45, 7) is 7.66. The lowest BCUT2D eigenvalue weighted by atomic mass is 9.98. The van der Waals surface area contributed by atoms with Crippen LogP contribution >= 0.6 is 0 Å². The molecule has 0 radical (unpaired) electrons. The summed E-state index contributed by atoms with van der Waals surface area (Å²) in [5.74, 6) is -0.165. The van der Waals surface area contributed by atoms with Gasteiger partial charge in [0.25, 0.3) is 0 Å². The fourth-order valence-electron chi connectivity index (χ4n) is 5.72. The van der Waals surface area contributed by atoms with Crippen molar-refractivity contribution in [2.75, 3.05) is 13.1 Å². The number of carbonyl (C=O) groups excluding carboxylic acids is 1. The van der Waals surface area contributed by atoms with Crippen LogP contribution in [0.2, 0.25) is 0 Å². The molecule has 0 amide bonds. The Bertz CT molecular complexity index is 1320. The third-order valence-corrected chi connectivity index (χ3v) is 7.75. The monoisotopic (exact) mass is 558 g/mol. The van der Waals surface area contributed by atoms with E-state index in [1.54, 1.807) is 0 Å². The number of hydrogen-bond acceptors (Lipinski definition) is 7. The van der Waals surface area contributed by atoms with Crippen molar-refractivity contribution in [2.45, 2.75) is 83.3 Å². The molecule has 3 aromatic carbocycles. The maximum Gasteiger partial charge on any atom is 0.323 e. The highest BCUT2D eigenvalue weighted by Crippen LogP contribution is 2.39. The Labute approximate surface area is 243 Å². The van der Waals surface area contributed by atoms with Crippen LogP contribution in [0.3, 0.4) is 0 Å². The van der Waals surface area contributed by atoms with Crippen molar-refractivity contribution in [1.29, 1.82) is 0 Å². The highest BCUT2D eigenvalue weighted by molar-refractivity contribution is 5.76. The van der Waals surface area contributed by atoms with E-state index in [1.165, 1.54) is 0 Å². The summed E-state index contributed by atoms with van der Waals surface area (Å²) in [6.07, 6.45) is 1.48. The fraction of sp³-hybridized carbons (Fsp3) is 0.441. The predicted molar refractivity (Wildman–Crippen MR) is 159 cm³/mol. The summed E-state index contributed by atoms with van der Waals surface area (Å²) in [6, 6.07) is 24.2. The van der Waals surface area contributed by atoms with E-state index in [1.807, 2.05) is 69.3 Å². The van der Waals surface area contributed by atoms with Gasteiger partial charge in [-0.25, -0.2) is 0 Å². The molecule has 7 nitrogen and oxygen atoms in total. The number of benzene rings is 3. The van der Waals surface area contributed by atoms with Gasteiger partial charge in [-0.15, -0.1) is 0 Å². The van der Waals surface area contributed by atoms with E-state index >= 15 is 0 Å². The van der Waals surface area contributed by atoms with Crippen LogP contribution in [0, 0.1) is 0 Å². The van der Waals surface area contributed by atoms with Gasteiger partial charge in [0.05, 0.1) is 18.8 Å². The third-order valence-electron chi connectivity index (χ3n) is 7.75. The molecular weight excluding hydrogens is 516 g/mol. The number of rotatable bonds is 8. The van der Waals surface area contributed by atoms with Crippen LogP contribution in [0.15, 0.2) is 72.8 Å². The van der Waals surface area contributed by atoms with E-state index < -0.39 is 11.9 Å². The molecule has 0 bridgehead atoms. The summed E-state index contributed by atoms with van der Waals surface area (Å²) in [5.41, 5.74) is 11.4. The van der Waals surface area contributed by atoms with Gasteiger partial charge in [0.15, 0.2) is 6.29 Å². The third kappa shape index (κ3) is 7.42. The topological polar surface area (TPSA) is 94.2 Å². The lowest BCUT2D eigenvalue weighted by molar-refractivity contribution is -0.253. The Hall–Kier alpha value is -3.07. The van der Waals surface area contributed by atoms with Crippen molar-refractivity contribution in [1.82, 2.24) is 4.90 Å². The summed E-state index contributed by atoms with van der Waals surface area (Å²) in [4.78, 5) is 15.2. The Morgan fingerprint density at radius 2 is 1.71 bits per heavy atom. The second-order valence-electron chi connectivity index (χ2n) is 12.1. The van der Waals surface area contributed by atoms with Crippen LogP contribution in [-0.2, 0) is 32.2 Å². The zero-order valence-electron chi connectivity index (χ0n) is 24.3.